The van der Waals surface area contributed by atoms with E-state index >= 15 is 0 Å². The molecule has 1 aliphatic heterocycles. The zero-order valence-electron chi connectivity index (χ0n) is 23.0. The highest BCUT2D eigenvalue weighted by Gasteiger charge is 2.40. The van der Waals surface area contributed by atoms with Crippen molar-refractivity contribution >= 4 is 6.03 Å². The van der Waals surface area contributed by atoms with Crippen LogP contribution in [0.1, 0.15) is 44.6 Å². The molecule has 0 bridgehead atoms. The quantitative estimate of drug-likeness (QED) is 0.402. The maximum atomic E-state index is 14.2. The van der Waals surface area contributed by atoms with Gasteiger partial charge in [0.2, 0.25) is 0 Å². The van der Waals surface area contributed by atoms with Gasteiger partial charge in [-0.05, 0) is 29.5 Å². The van der Waals surface area contributed by atoms with Gasteiger partial charge in [0, 0.05) is 44.0 Å². The van der Waals surface area contributed by atoms with E-state index in [1.807, 2.05) is 47.2 Å². The number of rotatable bonds is 9. The Morgan fingerprint density at radius 1 is 1.13 bits per heavy atom. The third-order valence-corrected chi connectivity index (χ3v) is 6.97. The number of nitrogens with zero attached hydrogens (tertiary/aromatic N) is 4. The average Bonchev–Trinajstić information content (AvgIpc) is 3.33. The van der Waals surface area contributed by atoms with Crippen LogP contribution in [0.3, 0.4) is 0 Å². The van der Waals surface area contributed by atoms with Crippen LogP contribution < -0.4 is 5.73 Å². The Labute approximate surface area is 229 Å². The van der Waals surface area contributed by atoms with E-state index in [4.69, 9.17) is 15.5 Å². The number of aromatic nitrogens is 2. The topological polar surface area (TPSA) is 76.6 Å². The fourth-order valence-electron chi connectivity index (χ4n) is 4.99. The second-order valence-electron chi connectivity index (χ2n) is 11.2. The van der Waals surface area contributed by atoms with Crippen LogP contribution in [0.15, 0.2) is 60.8 Å². The summed E-state index contributed by atoms with van der Waals surface area (Å²) in [6, 6.07) is 15.1. The number of hydrogen-bond acceptors (Lipinski definition) is 4. The van der Waals surface area contributed by atoms with Crippen molar-refractivity contribution < 1.29 is 18.3 Å². The number of carbonyl (C=O) groups is 1. The summed E-state index contributed by atoms with van der Waals surface area (Å²) >= 11 is 0. The van der Waals surface area contributed by atoms with Gasteiger partial charge in [-0.2, -0.15) is 0 Å². The van der Waals surface area contributed by atoms with Crippen LogP contribution in [0, 0.1) is 11.2 Å². The molecule has 4 rings (SSSR count). The minimum absolute atomic E-state index is 0.147. The van der Waals surface area contributed by atoms with Crippen molar-refractivity contribution in [2.45, 2.75) is 45.8 Å². The van der Waals surface area contributed by atoms with Crippen molar-refractivity contribution in [3.63, 3.8) is 0 Å². The molecule has 1 aromatic heterocycles. The summed E-state index contributed by atoms with van der Waals surface area (Å²) in [5.41, 5.74) is 7.87. The number of ether oxygens (including phenoxy) is 1. The van der Waals surface area contributed by atoms with E-state index in [2.05, 4.69) is 20.8 Å². The van der Waals surface area contributed by atoms with E-state index in [9.17, 15) is 13.6 Å². The maximum absolute atomic E-state index is 14.2. The van der Waals surface area contributed by atoms with Gasteiger partial charge in [0.1, 0.15) is 18.3 Å². The fraction of sp³-hybridized carbons (Fsp3) is 0.467. The SMILES string of the molecule is CC(C)(C)C(c1nc(-c2cccc(F)c2)cn1Cc1ccccc1)N(CC[C@@H](N)CF)C(=O)N1CCOCC1. The van der Waals surface area contributed by atoms with Gasteiger partial charge in [-0.1, -0.05) is 63.2 Å². The van der Waals surface area contributed by atoms with Gasteiger partial charge < -0.3 is 24.8 Å². The highest BCUT2D eigenvalue weighted by Crippen LogP contribution is 2.40. The first kappa shape index (κ1) is 28.7. The van der Waals surface area contributed by atoms with Crippen molar-refractivity contribution in [1.82, 2.24) is 19.4 Å². The largest absolute Gasteiger partial charge is 0.378 e. The van der Waals surface area contributed by atoms with Gasteiger partial charge in [-0.15, -0.1) is 0 Å². The zero-order chi connectivity index (χ0) is 28.0. The number of urea groups is 1. The highest BCUT2D eigenvalue weighted by molar-refractivity contribution is 5.75. The molecule has 0 spiro atoms. The first-order valence-corrected chi connectivity index (χ1v) is 13.5. The molecule has 1 aliphatic rings. The summed E-state index contributed by atoms with van der Waals surface area (Å²) in [6.07, 6.45) is 2.23. The molecule has 3 aromatic rings. The second-order valence-corrected chi connectivity index (χ2v) is 11.2. The number of halogens is 2. The van der Waals surface area contributed by atoms with E-state index < -0.39 is 24.2 Å². The lowest BCUT2D eigenvalue weighted by Gasteiger charge is -2.43. The molecule has 1 unspecified atom stereocenters. The van der Waals surface area contributed by atoms with Crippen LogP contribution in [-0.2, 0) is 11.3 Å². The molecule has 2 aromatic carbocycles. The Morgan fingerprint density at radius 3 is 2.49 bits per heavy atom. The molecule has 0 saturated carbocycles. The number of alkyl halides is 1. The minimum atomic E-state index is -0.669. The van der Waals surface area contributed by atoms with Crippen molar-refractivity contribution in [2.24, 2.45) is 11.1 Å². The normalized spacial score (nSPS) is 15.7. The molecule has 0 aliphatic carbocycles. The Balaban J connectivity index is 1.82. The van der Waals surface area contributed by atoms with E-state index in [1.54, 1.807) is 15.9 Å². The fourth-order valence-corrected chi connectivity index (χ4v) is 4.99. The molecule has 7 nitrogen and oxygen atoms in total. The molecule has 39 heavy (non-hydrogen) atoms. The first-order chi connectivity index (χ1) is 18.7. The first-order valence-electron chi connectivity index (χ1n) is 13.5. The molecule has 1 saturated heterocycles. The van der Waals surface area contributed by atoms with Gasteiger partial charge in [-0.3, -0.25) is 0 Å². The van der Waals surface area contributed by atoms with Gasteiger partial charge in [0.25, 0.3) is 0 Å². The Kier molecular flexibility index (Phi) is 9.35. The number of hydrogen-bond donors (Lipinski definition) is 1. The summed E-state index contributed by atoms with van der Waals surface area (Å²) in [5, 5.41) is 0. The molecule has 9 heteroatoms. The van der Waals surface area contributed by atoms with Crippen LogP contribution >= 0.6 is 0 Å². The summed E-state index contributed by atoms with van der Waals surface area (Å²) in [4.78, 5) is 22.6. The molecule has 1 fully saturated rings. The summed E-state index contributed by atoms with van der Waals surface area (Å²) in [7, 11) is 0. The van der Waals surface area contributed by atoms with Crippen molar-refractivity contribution in [3.05, 3.63) is 78.0 Å². The van der Waals surface area contributed by atoms with Crippen LogP contribution in [0.5, 0.6) is 0 Å². The number of morpholine rings is 1. The molecule has 2 amide bonds. The van der Waals surface area contributed by atoms with E-state index in [0.29, 0.717) is 56.4 Å². The van der Waals surface area contributed by atoms with Crippen LogP contribution in [0.2, 0.25) is 0 Å². The van der Waals surface area contributed by atoms with Crippen molar-refractivity contribution in [1.29, 1.82) is 0 Å². The minimum Gasteiger partial charge on any atom is -0.378 e. The molecule has 2 N–H and O–H groups in total. The predicted octanol–water partition coefficient (Wildman–Crippen LogP) is 5.27. The van der Waals surface area contributed by atoms with Gasteiger partial charge in [-0.25, -0.2) is 18.6 Å². The number of amides is 2. The predicted molar refractivity (Wildman–Crippen MR) is 148 cm³/mol. The summed E-state index contributed by atoms with van der Waals surface area (Å²) in [6.45, 7) is 8.23. The van der Waals surface area contributed by atoms with Gasteiger partial charge in [0.05, 0.1) is 24.9 Å². The monoisotopic (exact) mass is 539 g/mol. The number of benzene rings is 2. The maximum Gasteiger partial charge on any atom is 0.320 e. The van der Waals surface area contributed by atoms with E-state index in [0.717, 1.165) is 5.56 Å². The lowest BCUT2D eigenvalue weighted by atomic mass is 9.84. The molecular weight excluding hydrogens is 500 g/mol. The number of imidazole rings is 1. The van der Waals surface area contributed by atoms with Gasteiger partial charge >= 0.3 is 6.03 Å². The molecule has 210 valence electrons. The third kappa shape index (κ3) is 7.22. The van der Waals surface area contributed by atoms with Crippen molar-refractivity contribution in [2.75, 3.05) is 39.5 Å². The molecular formula is C30H39F2N5O2. The lowest BCUT2D eigenvalue weighted by Crippen LogP contribution is -2.52. The zero-order valence-corrected chi connectivity index (χ0v) is 23.0. The summed E-state index contributed by atoms with van der Waals surface area (Å²) < 4.78 is 35.1. The molecule has 2 heterocycles. The standard InChI is InChI=1S/C30H39F2N5O2/c1-30(2,3)27(37(13-12-25(33)19-31)29(38)35-14-16-39-17-15-35)28-34-26(23-10-7-11-24(32)18-23)21-36(28)20-22-8-5-4-6-9-22/h4-11,18,21,25,27H,12-17,19-20,33H2,1-3H3/t25-,27?/m1/s1. The van der Waals surface area contributed by atoms with E-state index in [1.165, 1.54) is 12.1 Å². The van der Waals surface area contributed by atoms with Crippen LogP contribution in [0.4, 0.5) is 13.6 Å². The highest BCUT2D eigenvalue weighted by atomic mass is 19.1. The van der Waals surface area contributed by atoms with E-state index in [-0.39, 0.29) is 18.4 Å². The smallest absolute Gasteiger partial charge is 0.320 e. The molecule has 0 radical (unpaired) electrons. The average molecular weight is 540 g/mol. The molecule has 2 atom stereocenters. The Hall–Kier alpha value is -3.30. The number of nitrogens with two attached hydrogens (primary N) is 1. The summed E-state index contributed by atoms with van der Waals surface area (Å²) in [5.74, 6) is 0.337. The van der Waals surface area contributed by atoms with Gasteiger partial charge in [0.15, 0.2) is 0 Å². The third-order valence-electron chi connectivity index (χ3n) is 6.97. The Bertz CT molecular complexity index is 1220. The lowest BCUT2D eigenvalue weighted by molar-refractivity contribution is 0.0277. The van der Waals surface area contributed by atoms with Crippen LogP contribution in [-0.4, -0.2) is 70.9 Å². The Morgan fingerprint density at radius 2 is 1.85 bits per heavy atom. The second kappa shape index (κ2) is 12.7. The van der Waals surface area contributed by atoms with Crippen LogP contribution in [0.25, 0.3) is 11.3 Å². The number of carbonyl (C=O) groups excluding carboxylic acids is 1. The van der Waals surface area contributed by atoms with Crippen molar-refractivity contribution in [3.8, 4) is 11.3 Å².